The van der Waals surface area contributed by atoms with E-state index in [9.17, 15) is 0 Å². The molecule has 1 aliphatic heterocycles. The van der Waals surface area contributed by atoms with Gasteiger partial charge in [0.05, 0.1) is 10.7 Å². The van der Waals surface area contributed by atoms with Gasteiger partial charge in [-0.1, -0.05) is 6.07 Å². The minimum Gasteiger partial charge on any atom is -0.385 e. The molecule has 0 aliphatic carbocycles. The van der Waals surface area contributed by atoms with Crippen molar-refractivity contribution in [2.24, 2.45) is 0 Å². The first-order valence-corrected chi connectivity index (χ1v) is 6.87. The number of rotatable bonds is 1. The SMILES string of the molecule is Cc1nc(-c2ccc3c(c2)CCCN3)c(C)s1. The van der Waals surface area contributed by atoms with Crippen molar-refractivity contribution in [1.29, 1.82) is 0 Å². The largest absolute Gasteiger partial charge is 0.385 e. The Hall–Kier alpha value is -1.35. The lowest BCUT2D eigenvalue weighted by Gasteiger charge is -2.18. The van der Waals surface area contributed by atoms with Crippen LogP contribution in [0.2, 0.25) is 0 Å². The molecule has 0 fully saturated rings. The molecule has 2 nitrogen and oxygen atoms in total. The first-order chi connectivity index (χ1) is 8.24. The summed E-state index contributed by atoms with van der Waals surface area (Å²) in [6.45, 7) is 5.32. The van der Waals surface area contributed by atoms with Gasteiger partial charge in [-0.2, -0.15) is 0 Å². The highest BCUT2D eigenvalue weighted by molar-refractivity contribution is 7.11. The normalized spacial score (nSPS) is 14.2. The molecule has 0 atom stereocenters. The number of hydrogen-bond donors (Lipinski definition) is 1. The second kappa shape index (κ2) is 4.15. The molecule has 1 N–H and O–H groups in total. The molecule has 1 aromatic heterocycles. The van der Waals surface area contributed by atoms with Crippen molar-refractivity contribution in [3.63, 3.8) is 0 Å². The summed E-state index contributed by atoms with van der Waals surface area (Å²) in [5, 5.41) is 4.59. The zero-order chi connectivity index (χ0) is 11.8. The molecular formula is C14H16N2S. The van der Waals surface area contributed by atoms with Gasteiger partial charge in [-0.05, 0) is 44.4 Å². The summed E-state index contributed by atoms with van der Waals surface area (Å²) in [6.07, 6.45) is 2.41. The molecule has 3 heteroatoms. The Morgan fingerprint density at radius 1 is 1.29 bits per heavy atom. The van der Waals surface area contributed by atoms with Crippen LogP contribution >= 0.6 is 11.3 Å². The quantitative estimate of drug-likeness (QED) is 0.825. The van der Waals surface area contributed by atoms with E-state index in [0.29, 0.717) is 0 Å². The van der Waals surface area contributed by atoms with Crippen molar-refractivity contribution >= 4 is 17.0 Å². The smallest absolute Gasteiger partial charge is 0.0904 e. The maximum Gasteiger partial charge on any atom is 0.0904 e. The van der Waals surface area contributed by atoms with E-state index in [1.54, 1.807) is 11.3 Å². The summed E-state index contributed by atoms with van der Waals surface area (Å²) in [4.78, 5) is 5.94. The van der Waals surface area contributed by atoms with Crippen LogP contribution in [0.5, 0.6) is 0 Å². The number of nitrogens with zero attached hydrogens (tertiary/aromatic N) is 1. The van der Waals surface area contributed by atoms with Gasteiger partial charge in [0.2, 0.25) is 0 Å². The highest BCUT2D eigenvalue weighted by atomic mass is 32.1. The Morgan fingerprint density at radius 3 is 2.94 bits per heavy atom. The molecule has 2 heterocycles. The van der Waals surface area contributed by atoms with Crippen molar-refractivity contribution in [3.05, 3.63) is 33.6 Å². The highest BCUT2D eigenvalue weighted by Crippen LogP contribution is 2.31. The fraction of sp³-hybridized carbons (Fsp3) is 0.357. The first-order valence-electron chi connectivity index (χ1n) is 6.05. The Morgan fingerprint density at radius 2 is 2.18 bits per heavy atom. The van der Waals surface area contributed by atoms with E-state index in [1.165, 1.54) is 34.5 Å². The topological polar surface area (TPSA) is 24.9 Å². The van der Waals surface area contributed by atoms with E-state index in [1.807, 2.05) is 0 Å². The number of hydrogen-bond acceptors (Lipinski definition) is 3. The number of anilines is 1. The van der Waals surface area contributed by atoms with Gasteiger partial charge in [-0.3, -0.25) is 0 Å². The highest BCUT2D eigenvalue weighted by Gasteiger charge is 2.12. The molecule has 3 rings (SSSR count). The molecule has 0 saturated carbocycles. The van der Waals surface area contributed by atoms with Gasteiger partial charge in [0.1, 0.15) is 0 Å². The van der Waals surface area contributed by atoms with Crippen LogP contribution in [0.15, 0.2) is 18.2 Å². The number of thiazole rings is 1. The Balaban J connectivity index is 2.06. The molecule has 1 aromatic carbocycles. The van der Waals surface area contributed by atoms with Crippen LogP contribution in [-0.2, 0) is 6.42 Å². The van der Waals surface area contributed by atoms with Gasteiger partial charge in [0, 0.05) is 22.7 Å². The molecule has 1 aliphatic rings. The summed E-state index contributed by atoms with van der Waals surface area (Å²) in [5.41, 5.74) is 5.14. The van der Waals surface area contributed by atoms with Gasteiger partial charge in [0.15, 0.2) is 0 Å². The maximum absolute atomic E-state index is 4.63. The van der Waals surface area contributed by atoms with Crippen molar-refractivity contribution in [1.82, 2.24) is 4.98 Å². The average Bonchev–Trinajstić information content (AvgIpc) is 2.68. The molecule has 0 radical (unpaired) electrons. The summed E-state index contributed by atoms with van der Waals surface area (Å²) in [7, 11) is 0. The van der Waals surface area contributed by atoms with E-state index in [4.69, 9.17) is 0 Å². The molecular weight excluding hydrogens is 228 g/mol. The van der Waals surface area contributed by atoms with Crippen LogP contribution in [0.4, 0.5) is 5.69 Å². The van der Waals surface area contributed by atoms with Gasteiger partial charge in [-0.25, -0.2) is 4.98 Å². The number of nitrogens with one attached hydrogen (secondary N) is 1. The second-order valence-electron chi connectivity index (χ2n) is 4.54. The number of fused-ring (bicyclic) bond motifs is 1. The molecule has 2 aromatic rings. The molecule has 17 heavy (non-hydrogen) atoms. The molecule has 88 valence electrons. The van der Waals surface area contributed by atoms with E-state index in [-0.39, 0.29) is 0 Å². The van der Waals surface area contributed by atoms with Crippen LogP contribution in [-0.4, -0.2) is 11.5 Å². The summed E-state index contributed by atoms with van der Waals surface area (Å²) in [6, 6.07) is 6.67. The lowest BCUT2D eigenvalue weighted by atomic mass is 9.99. The van der Waals surface area contributed by atoms with Crippen LogP contribution in [0.25, 0.3) is 11.3 Å². The third-order valence-corrected chi connectivity index (χ3v) is 4.11. The van der Waals surface area contributed by atoms with E-state index in [2.05, 4.69) is 42.3 Å². The average molecular weight is 244 g/mol. The fourth-order valence-electron chi connectivity index (χ4n) is 2.42. The fourth-order valence-corrected chi connectivity index (χ4v) is 3.26. The van der Waals surface area contributed by atoms with Crippen molar-refractivity contribution in [2.45, 2.75) is 26.7 Å². The maximum atomic E-state index is 4.63. The monoisotopic (exact) mass is 244 g/mol. The van der Waals surface area contributed by atoms with Crippen LogP contribution in [0.1, 0.15) is 21.9 Å². The van der Waals surface area contributed by atoms with Crippen molar-refractivity contribution < 1.29 is 0 Å². The third kappa shape index (κ3) is 1.95. The van der Waals surface area contributed by atoms with Gasteiger partial charge < -0.3 is 5.32 Å². The lowest BCUT2D eigenvalue weighted by Crippen LogP contribution is -2.11. The minimum atomic E-state index is 1.10. The Labute approximate surface area is 106 Å². The summed E-state index contributed by atoms with van der Waals surface area (Å²) >= 11 is 1.77. The summed E-state index contributed by atoms with van der Waals surface area (Å²) in [5.74, 6) is 0. The molecule has 0 spiro atoms. The number of benzene rings is 1. The molecule has 0 bridgehead atoms. The zero-order valence-electron chi connectivity index (χ0n) is 10.2. The first kappa shape index (κ1) is 10.8. The molecule has 0 amide bonds. The van der Waals surface area contributed by atoms with Crippen LogP contribution in [0, 0.1) is 13.8 Å². The van der Waals surface area contributed by atoms with Gasteiger partial charge in [0.25, 0.3) is 0 Å². The Bertz CT molecular complexity index is 557. The predicted octanol–water partition coefficient (Wildman–Crippen LogP) is 3.79. The van der Waals surface area contributed by atoms with Gasteiger partial charge >= 0.3 is 0 Å². The molecule has 0 unspecified atom stereocenters. The lowest BCUT2D eigenvalue weighted by molar-refractivity contribution is 0.830. The summed E-state index contributed by atoms with van der Waals surface area (Å²) < 4.78 is 0. The minimum absolute atomic E-state index is 1.10. The zero-order valence-corrected chi connectivity index (χ0v) is 11.0. The van der Waals surface area contributed by atoms with Crippen molar-refractivity contribution in [3.8, 4) is 11.3 Å². The Kier molecular flexibility index (Phi) is 2.63. The van der Waals surface area contributed by atoms with Gasteiger partial charge in [-0.15, -0.1) is 11.3 Å². The molecule has 0 saturated heterocycles. The third-order valence-electron chi connectivity index (χ3n) is 3.22. The number of aromatic nitrogens is 1. The van der Waals surface area contributed by atoms with E-state index >= 15 is 0 Å². The second-order valence-corrected chi connectivity index (χ2v) is 5.95. The number of aryl methyl sites for hydroxylation is 3. The standard InChI is InChI=1S/C14H16N2S/c1-9-14(16-10(2)17-9)12-5-6-13-11(8-12)4-3-7-15-13/h5-6,8,15H,3-4,7H2,1-2H3. The van der Waals surface area contributed by atoms with E-state index < -0.39 is 0 Å². The predicted molar refractivity (Wildman–Crippen MR) is 73.8 cm³/mol. The van der Waals surface area contributed by atoms with E-state index in [0.717, 1.165) is 17.2 Å². The van der Waals surface area contributed by atoms with Crippen molar-refractivity contribution in [2.75, 3.05) is 11.9 Å². The van der Waals surface area contributed by atoms with Crippen LogP contribution in [0.3, 0.4) is 0 Å². The van der Waals surface area contributed by atoms with Crippen LogP contribution < -0.4 is 5.32 Å².